The van der Waals surface area contributed by atoms with E-state index in [1.807, 2.05) is 0 Å². The van der Waals surface area contributed by atoms with Crippen LogP contribution in [0.25, 0.3) is 22.8 Å². The standard InChI is InChI=1S/C17H10ClF3N6/c18-11-6-8-13(9-7-11)27-16(23-24-25-27)14-10-22-26(15(14)17(19,20)21)12-4-2-1-3-5-12/h1-10H. The fraction of sp³-hybridized carbons (Fsp3) is 0.0588. The van der Waals surface area contributed by atoms with Crippen molar-refractivity contribution >= 4 is 11.6 Å². The van der Waals surface area contributed by atoms with Crippen LogP contribution in [0.1, 0.15) is 5.69 Å². The van der Waals surface area contributed by atoms with Crippen molar-refractivity contribution < 1.29 is 13.2 Å². The third kappa shape index (κ3) is 3.17. The van der Waals surface area contributed by atoms with E-state index < -0.39 is 11.9 Å². The second-order valence-corrected chi connectivity index (χ2v) is 5.98. The van der Waals surface area contributed by atoms with Crippen LogP contribution in [0.5, 0.6) is 0 Å². The SMILES string of the molecule is FC(F)(F)c1c(-c2nnnn2-c2ccc(Cl)cc2)cnn1-c1ccccc1. The van der Waals surface area contributed by atoms with Crippen molar-refractivity contribution in [2.75, 3.05) is 0 Å². The molecular weight excluding hydrogens is 381 g/mol. The molecule has 0 spiro atoms. The van der Waals surface area contributed by atoms with E-state index in [-0.39, 0.29) is 17.1 Å². The largest absolute Gasteiger partial charge is 0.434 e. The Hall–Kier alpha value is -3.20. The van der Waals surface area contributed by atoms with Crippen LogP contribution in [0.15, 0.2) is 60.8 Å². The number of halogens is 4. The first kappa shape index (κ1) is 17.2. The van der Waals surface area contributed by atoms with Crippen molar-refractivity contribution in [3.8, 4) is 22.8 Å². The van der Waals surface area contributed by atoms with Gasteiger partial charge in [-0.2, -0.15) is 23.0 Å². The lowest BCUT2D eigenvalue weighted by molar-refractivity contribution is -0.142. The first-order valence-corrected chi connectivity index (χ1v) is 8.08. The van der Waals surface area contributed by atoms with Crippen LogP contribution in [0.3, 0.4) is 0 Å². The monoisotopic (exact) mass is 390 g/mol. The molecule has 0 amide bonds. The van der Waals surface area contributed by atoms with Crippen LogP contribution >= 0.6 is 11.6 Å². The number of rotatable bonds is 3. The van der Waals surface area contributed by atoms with E-state index >= 15 is 0 Å². The Balaban J connectivity index is 1.91. The summed E-state index contributed by atoms with van der Waals surface area (Å²) < 4.78 is 43.6. The summed E-state index contributed by atoms with van der Waals surface area (Å²) in [5, 5.41) is 15.5. The van der Waals surface area contributed by atoms with E-state index in [0.29, 0.717) is 10.7 Å². The molecule has 136 valence electrons. The Morgan fingerprint density at radius 3 is 2.19 bits per heavy atom. The molecule has 10 heteroatoms. The van der Waals surface area contributed by atoms with Gasteiger partial charge in [0.2, 0.25) is 0 Å². The van der Waals surface area contributed by atoms with Crippen LogP contribution in [0, 0.1) is 0 Å². The van der Waals surface area contributed by atoms with Gasteiger partial charge < -0.3 is 0 Å². The number of hydrogen-bond acceptors (Lipinski definition) is 4. The molecule has 2 heterocycles. The van der Waals surface area contributed by atoms with Crippen molar-refractivity contribution in [2.24, 2.45) is 0 Å². The highest BCUT2D eigenvalue weighted by molar-refractivity contribution is 6.30. The third-order valence-electron chi connectivity index (χ3n) is 3.82. The van der Waals surface area contributed by atoms with Gasteiger partial charge in [0.25, 0.3) is 0 Å². The van der Waals surface area contributed by atoms with E-state index in [1.54, 1.807) is 42.5 Å². The van der Waals surface area contributed by atoms with Crippen LogP contribution in [-0.4, -0.2) is 30.0 Å². The quantitative estimate of drug-likeness (QED) is 0.526. The number of para-hydroxylation sites is 1. The Labute approximate surface area is 155 Å². The minimum atomic E-state index is -4.67. The lowest BCUT2D eigenvalue weighted by Crippen LogP contribution is -2.15. The highest BCUT2D eigenvalue weighted by Crippen LogP contribution is 2.38. The zero-order chi connectivity index (χ0) is 19.0. The number of benzene rings is 2. The number of tetrazole rings is 1. The molecule has 0 aliphatic carbocycles. The highest BCUT2D eigenvalue weighted by Gasteiger charge is 2.40. The van der Waals surface area contributed by atoms with Gasteiger partial charge in [-0.3, -0.25) is 0 Å². The Kier molecular flexibility index (Phi) is 4.15. The molecule has 27 heavy (non-hydrogen) atoms. The molecule has 0 fully saturated rings. The fourth-order valence-corrected chi connectivity index (χ4v) is 2.79. The van der Waals surface area contributed by atoms with Crippen LogP contribution in [0.4, 0.5) is 13.2 Å². The molecule has 0 aliphatic rings. The van der Waals surface area contributed by atoms with Gasteiger partial charge in [0.1, 0.15) is 0 Å². The molecule has 0 radical (unpaired) electrons. The molecule has 0 unspecified atom stereocenters. The summed E-state index contributed by atoms with van der Waals surface area (Å²) in [5.41, 5.74) is -0.438. The van der Waals surface area contributed by atoms with E-state index in [2.05, 4.69) is 20.6 Å². The Morgan fingerprint density at radius 2 is 1.52 bits per heavy atom. The van der Waals surface area contributed by atoms with Gasteiger partial charge in [-0.15, -0.1) is 5.10 Å². The molecular formula is C17H10ClF3N6. The second kappa shape index (κ2) is 6.51. The van der Waals surface area contributed by atoms with E-state index in [9.17, 15) is 13.2 Å². The summed E-state index contributed by atoms with van der Waals surface area (Å²) in [5.74, 6) is -0.0770. The summed E-state index contributed by atoms with van der Waals surface area (Å²) in [6, 6.07) is 14.5. The molecule has 4 aromatic rings. The molecule has 0 saturated carbocycles. The summed E-state index contributed by atoms with van der Waals surface area (Å²) in [6.45, 7) is 0. The Bertz CT molecular complexity index is 1070. The second-order valence-electron chi connectivity index (χ2n) is 5.54. The average molecular weight is 391 g/mol. The van der Waals surface area contributed by atoms with E-state index in [1.165, 1.54) is 16.8 Å². The minimum Gasteiger partial charge on any atom is -0.228 e. The molecule has 0 atom stereocenters. The predicted octanol–water partition coefficient (Wildman–Crippen LogP) is 4.19. The van der Waals surface area contributed by atoms with Crippen LogP contribution in [0.2, 0.25) is 5.02 Å². The lowest BCUT2D eigenvalue weighted by Gasteiger charge is -2.12. The molecule has 0 aliphatic heterocycles. The smallest absolute Gasteiger partial charge is 0.228 e. The van der Waals surface area contributed by atoms with Gasteiger partial charge in [-0.05, 0) is 46.8 Å². The molecule has 0 N–H and O–H groups in total. The molecule has 0 bridgehead atoms. The van der Waals surface area contributed by atoms with Crippen LogP contribution < -0.4 is 0 Å². The average Bonchev–Trinajstić information content (AvgIpc) is 3.29. The van der Waals surface area contributed by atoms with Gasteiger partial charge >= 0.3 is 6.18 Å². The van der Waals surface area contributed by atoms with Gasteiger partial charge in [-0.1, -0.05) is 29.8 Å². The maximum Gasteiger partial charge on any atom is 0.434 e. The van der Waals surface area contributed by atoms with Crippen LogP contribution in [-0.2, 0) is 6.18 Å². The predicted molar refractivity (Wildman–Crippen MR) is 91.7 cm³/mol. The van der Waals surface area contributed by atoms with E-state index in [4.69, 9.17) is 11.6 Å². The molecule has 2 aromatic heterocycles. The number of nitrogens with zero attached hydrogens (tertiary/aromatic N) is 6. The number of aromatic nitrogens is 6. The van der Waals surface area contributed by atoms with Gasteiger partial charge in [0, 0.05) is 5.02 Å². The summed E-state index contributed by atoms with van der Waals surface area (Å²) >= 11 is 5.86. The lowest BCUT2D eigenvalue weighted by atomic mass is 10.2. The van der Waals surface area contributed by atoms with Crippen molar-refractivity contribution in [3.63, 3.8) is 0 Å². The van der Waals surface area contributed by atoms with Gasteiger partial charge in [-0.25, -0.2) is 4.68 Å². The minimum absolute atomic E-state index is 0.0770. The highest BCUT2D eigenvalue weighted by atomic mass is 35.5. The van der Waals surface area contributed by atoms with Gasteiger partial charge in [0.05, 0.1) is 23.1 Å². The third-order valence-corrected chi connectivity index (χ3v) is 4.07. The normalized spacial score (nSPS) is 11.7. The number of hydrogen-bond donors (Lipinski definition) is 0. The summed E-state index contributed by atoms with van der Waals surface area (Å²) in [6.07, 6.45) is -3.56. The van der Waals surface area contributed by atoms with Crippen molar-refractivity contribution in [3.05, 3.63) is 71.5 Å². The van der Waals surface area contributed by atoms with Crippen molar-refractivity contribution in [1.82, 2.24) is 30.0 Å². The first-order chi connectivity index (χ1) is 12.9. The zero-order valence-electron chi connectivity index (χ0n) is 13.5. The number of alkyl halides is 3. The van der Waals surface area contributed by atoms with Crippen molar-refractivity contribution in [1.29, 1.82) is 0 Å². The molecule has 6 nitrogen and oxygen atoms in total. The summed E-state index contributed by atoms with van der Waals surface area (Å²) in [7, 11) is 0. The maximum atomic E-state index is 13.9. The fourth-order valence-electron chi connectivity index (χ4n) is 2.66. The zero-order valence-corrected chi connectivity index (χ0v) is 14.2. The topological polar surface area (TPSA) is 61.4 Å². The molecule has 4 rings (SSSR count). The van der Waals surface area contributed by atoms with Gasteiger partial charge in [0.15, 0.2) is 11.5 Å². The van der Waals surface area contributed by atoms with E-state index in [0.717, 1.165) is 10.9 Å². The Morgan fingerprint density at radius 1 is 0.852 bits per heavy atom. The first-order valence-electron chi connectivity index (χ1n) is 7.70. The van der Waals surface area contributed by atoms with Crippen molar-refractivity contribution in [2.45, 2.75) is 6.18 Å². The maximum absolute atomic E-state index is 13.9. The molecule has 0 saturated heterocycles. The molecule has 2 aromatic carbocycles. The summed E-state index contributed by atoms with van der Waals surface area (Å²) in [4.78, 5) is 0.